The lowest BCUT2D eigenvalue weighted by molar-refractivity contribution is -0.128. The van der Waals surface area contributed by atoms with Crippen LogP contribution in [-0.2, 0) is 4.79 Å². The first kappa shape index (κ1) is 18.0. The van der Waals surface area contributed by atoms with E-state index in [1.807, 2.05) is 12.1 Å². The number of ether oxygens (including phenoxy) is 1. The van der Waals surface area contributed by atoms with Gasteiger partial charge in [-0.05, 0) is 37.0 Å². The SMILES string of the molecule is COc1cc(C2C3CCCCC3(O)CCN2CCC(N)=O)ccc1O. The summed E-state index contributed by atoms with van der Waals surface area (Å²) >= 11 is 0. The second-order valence-corrected chi connectivity index (χ2v) is 7.33. The number of primary amides is 1. The van der Waals surface area contributed by atoms with Crippen LogP contribution in [0, 0.1) is 5.92 Å². The number of hydrogen-bond donors (Lipinski definition) is 3. The van der Waals surface area contributed by atoms with Crippen molar-refractivity contribution < 1.29 is 19.7 Å². The molecule has 0 aromatic heterocycles. The first-order valence-corrected chi connectivity index (χ1v) is 9.06. The number of piperidine rings is 1. The fraction of sp³-hybridized carbons (Fsp3) is 0.632. The lowest BCUT2D eigenvalue weighted by Crippen LogP contribution is -2.55. The zero-order valence-electron chi connectivity index (χ0n) is 14.8. The summed E-state index contributed by atoms with van der Waals surface area (Å²) in [5.74, 6) is 0.325. The van der Waals surface area contributed by atoms with E-state index in [0.29, 0.717) is 18.7 Å². The van der Waals surface area contributed by atoms with Crippen molar-refractivity contribution in [2.45, 2.75) is 50.2 Å². The summed E-state index contributed by atoms with van der Waals surface area (Å²) in [7, 11) is 1.53. The fourth-order valence-corrected chi connectivity index (χ4v) is 4.57. The molecule has 1 aromatic rings. The number of aliphatic hydroxyl groups is 1. The van der Waals surface area contributed by atoms with Crippen molar-refractivity contribution in [3.05, 3.63) is 23.8 Å². The molecule has 1 aromatic carbocycles. The number of nitrogens with zero attached hydrogens (tertiary/aromatic N) is 1. The standard InChI is InChI=1S/C19H28N2O4/c1-25-16-12-13(5-6-15(16)22)18-14-4-2-3-8-19(14,24)9-11-21(18)10-7-17(20)23/h5-6,12,14,18,22,24H,2-4,7-11H2,1H3,(H2,20,23). The maximum atomic E-state index is 11.3. The number of amides is 1. The molecule has 1 aliphatic carbocycles. The van der Waals surface area contributed by atoms with Crippen LogP contribution in [0.3, 0.4) is 0 Å². The zero-order chi connectivity index (χ0) is 18.0. The Labute approximate surface area is 148 Å². The molecule has 4 N–H and O–H groups in total. The van der Waals surface area contributed by atoms with Gasteiger partial charge in [0.05, 0.1) is 12.7 Å². The normalized spacial score (nSPS) is 29.8. The molecule has 1 saturated carbocycles. The smallest absolute Gasteiger partial charge is 0.218 e. The van der Waals surface area contributed by atoms with Crippen molar-refractivity contribution in [1.29, 1.82) is 0 Å². The van der Waals surface area contributed by atoms with Crippen LogP contribution < -0.4 is 10.5 Å². The third-order valence-electron chi connectivity index (χ3n) is 5.86. The number of phenolic OH excluding ortho intramolecular Hbond substituents is 1. The Bertz CT molecular complexity index is 636. The molecule has 1 aliphatic heterocycles. The van der Waals surface area contributed by atoms with Gasteiger partial charge in [-0.1, -0.05) is 18.9 Å². The predicted molar refractivity (Wildman–Crippen MR) is 94.3 cm³/mol. The number of methoxy groups -OCH3 is 1. The van der Waals surface area contributed by atoms with E-state index in [2.05, 4.69) is 4.90 Å². The van der Waals surface area contributed by atoms with Crippen LogP contribution in [0.1, 0.15) is 50.1 Å². The molecule has 0 spiro atoms. The topological polar surface area (TPSA) is 96.0 Å². The largest absolute Gasteiger partial charge is 0.504 e. The van der Waals surface area contributed by atoms with E-state index >= 15 is 0 Å². The van der Waals surface area contributed by atoms with Crippen molar-refractivity contribution in [3.63, 3.8) is 0 Å². The van der Waals surface area contributed by atoms with Crippen molar-refractivity contribution in [2.24, 2.45) is 11.7 Å². The highest BCUT2D eigenvalue weighted by Crippen LogP contribution is 2.50. The van der Waals surface area contributed by atoms with E-state index < -0.39 is 5.60 Å². The lowest BCUT2D eigenvalue weighted by Gasteiger charge is -2.52. The van der Waals surface area contributed by atoms with Gasteiger partial charge in [0, 0.05) is 31.5 Å². The van der Waals surface area contributed by atoms with Crippen molar-refractivity contribution in [2.75, 3.05) is 20.2 Å². The number of hydrogen-bond acceptors (Lipinski definition) is 5. The predicted octanol–water partition coefficient (Wildman–Crippen LogP) is 1.94. The van der Waals surface area contributed by atoms with Crippen LogP contribution in [0.2, 0.25) is 0 Å². The molecule has 138 valence electrons. The molecule has 6 heteroatoms. The molecular formula is C19H28N2O4. The van der Waals surface area contributed by atoms with Gasteiger partial charge in [0.1, 0.15) is 0 Å². The molecule has 1 saturated heterocycles. The third-order valence-corrected chi connectivity index (χ3v) is 5.86. The molecule has 3 unspecified atom stereocenters. The number of rotatable bonds is 5. The first-order chi connectivity index (χ1) is 11.9. The van der Waals surface area contributed by atoms with E-state index in [-0.39, 0.29) is 23.6 Å². The minimum absolute atomic E-state index is 0.00657. The highest BCUT2D eigenvalue weighted by Gasteiger charge is 2.48. The molecule has 3 rings (SSSR count). The average Bonchev–Trinajstić information content (AvgIpc) is 2.59. The van der Waals surface area contributed by atoms with E-state index in [0.717, 1.165) is 44.2 Å². The summed E-state index contributed by atoms with van der Waals surface area (Å²) in [5, 5.41) is 21.1. The summed E-state index contributed by atoms with van der Waals surface area (Å²) in [5.41, 5.74) is 5.70. The number of fused-ring (bicyclic) bond motifs is 1. The minimum Gasteiger partial charge on any atom is -0.504 e. The van der Waals surface area contributed by atoms with Crippen molar-refractivity contribution in [1.82, 2.24) is 4.90 Å². The lowest BCUT2D eigenvalue weighted by atomic mass is 9.66. The maximum Gasteiger partial charge on any atom is 0.218 e. The summed E-state index contributed by atoms with van der Waals surface area (Å²) in [4.78, 5) is 13.5. The molecule has 1 heterocycles. The Morgan fingerprint density at radius 1 is 1.40 bits per heavy atom. The quantitative estimate of drug-likeness (QED) is 0.756. The Morgan fingerprint density at radius 3 is 2.92 bits per heavy atom. The van der Waals surface area contributed by atoms with Gasteiger partial charge in [0.2, 0.25) is 5.91 Å². The molecule has 0 radical (unpaired) electrons. The van der Waals surface area contributed by atoms with Crippen LogP contribution in [0.5, 0.6) is 11.5 Å². The van der Waals surface area contributed by atoms with E-state index in [1.54, 1.807) is 6.07 Å². The summed E-state index contributed by atoms with van der Waals surface area (Å²) in [6, 6.07) is 5.36. The molecular weight excluding hydrogens is 320 g/mol. The second-order valence-electron chi connectivity index (χ2n) is 7.33. The van der Waals surface area contributed by atoms with Gasteiger partial charge in [-0.2, -0.15) is 0 Å². The van der Waals surface area contributed by atoms with Gasteiger partial charge in [-0.3, -0.25) is 9.69 Å². The number of phenols is 1. The highest BCUT2D eigenvalue weighted by molar-refractivity contribution is 5.73. The number of benzene rings is 1. The Morgan fingerprint density at radius 2 is 2.20 bits per heavy atom. The van der Waals surface area contributed by atoms with Crippen LogP contribution in [0.4, 0.5) is 0 Å². The van der Waals surface area contributed by atoms with Gasteiger partial charge in [0.25, 0.3) is 0 Å². The van der Waals surface area contributed by atoms with Crippen LogP contribution in [0.15, 0.2) is 18.2 Å². The van der Waals surface area contributed by atoms with Gasteiger partial charge >= 0.3 is 0 Å². The summed E-state index contributed by atoms with van der Waals surface area (Å²) in [6.07, 6.45) is 4.96. The molecule has 25 heavy (non-hydrogen) atoms. The summed E-state index contributed by atoms with van der Waals surface area (Å²) in [6.45, 7) is 1.31. The van der Waals surface area contributed by atoms with Crippen LogP contribution >= 0.6 is 0 Å². The van der Waals surface area contributed by atoms with Gasteiger partial charge < -0.3 is 20.7 Å². The van der Waals surface area contributed by atoms with E-state index in [9.17, 15) is 15.0 Å². The zero-order valence-corrected chi connectivity index (χ0v) is 14.8. The fourth-order valence-electron chi connectivity index (χ4n) is 4.57. The number of likely N-dealkylation sites (tertiary alicyclic amines) is 1. The van der Waals surface area contributed by atoms with Crippen molar-refractivity contribution >= 4 is 5.91 Å². The molecule has 6 nitrogen and oxygen atoms in total. The first-order valence-electron chi connectivity index (χ1n) is 9.06. The third kappa shape index (κ3) is 3.60. The van der Waals surface area contributed by atoms with Gasteiger partial charge in [0.15, 0.2) is 11.5 Å². The van der Waals surface area contributed by atoms with Gasteiger partial charge in [-0.25, -0.2) is 0 Å². The Balaban J connectivity index is 1.96. The molecule has 0 bridgehead atoms. The van der Waals surface area contributed by atoms with Crippen molar-refractivity contribution in [3.8, 4) is 11.5 Å². The highest BCUT2D eigenvalue weighted by atomic mass is 16.5. The molecule has 1 amide bonds. The Hall–Kier alpha value is -1.79. The minimum atomic E-state index is -0.655. The van der Waals surface area contributed by atoms with E-state index in [4.69, 9.17) is 10.5 Å². The average molecular weight is 348 g/mol. The Kier molecular flexibility index (Phi) is 5.20. The van der Waals surface area contributed by atoms with Crippen LogP contribution in [0.25, 0.3) is 0 Å². The molecule has 2 aliphatic rings. The number of carbonyl (C=O) groups excluding carboxylic acids is 1. The van der Waals surface area contributed by atoms with Crippen LogP contribution in [-0.4, -0.2) is 46.8 Å². The number of carbonyl (C=O) groups is 1. The maximum absolute atomic E-state index is 11.3. The number of nitrogens with two attached hydrogens (primary N) is 1. The second kappa shape index (κ2) is 7.22. The number of aromatic hydroxyl groups is 1. The van der Waals surface area contributed by atoms with E-state index in [1.165, 1.54) is 7.11 Å². The molecule has 3 atom stereocenters. The van der Waals surface area contributed by atoms with Gasteiger partial charge in [-0.15, -0.1) is 0 Å². The summed E-state index contributed by atoms with van der Waals surface area (Å²) < 4.78 is 5.27. The monoisotopic (exact) mass is 348 g/mol. The molecule has 2 fully saturated rings.